The molecule has 9 aromatic rings. The Morgan fingerprint density at radius 1 is 0.519 bits per heavy atom. The van der Waals surface area contributed by atoms with E-state index in [4.69, 9.17) is 14.8 Å². The molecule has 0 bridgehead atoms. The zero-order valence-corrected chi connectivity index (χ0v) is 28.5. The summed E-state index contributed by atoms with van der Waals surface area (Å²) in [6, 6.07) is 58.6. The van der Waals surface area contributed by atoms with Crippen molar-refractivity contribution in [2.75, 3.05) is 0 Å². The van der Waals surface area contributed by atoms with Gasteiger partial charge in [-0.1, -0.05) is 146 Å². The van der Waals surface area contributed by atoms with Crippen LogP contribution in [-0.4, -0.2) is 17.9 Å². The van der Waals surface area contributed by atoms with E-state index in [0.717, 1.165) is 77.2 Å². The third-order valence-electron chi connectivity index (χ3n) is 9.71. The summed E-state index contributed by atoms with van der Waals surface area (Å²) in [6.45, 7) is 1.84. The van der Waals surface area contributed by atoms with Gasteiger partial charge in [0.2, 0.25) is 0 Å². The molecule has 0 atom stereocenters. The molecule has 4 nitrogen and oxygen atoms in total. The zero-order valence-electron chi connectivity index (χ0n) is 28.5. The van der Waals surface area contributed by atoms with Gasteiger partial charge >= 0.3 is 0 Å². The molecule has 0 spiro atoms. The molecule has 246 valence electrons. The summed E-state index contributed by atoms with van der Waals surface area (Å²) in [6.07, 6.45) is 1.85. The number of furan rings is 1. The Morgan fingerprint density at radius 2 is 1.15 bits per heavy atom. The quantitative estimate of drug-likeness (QED) is 0.111. The highest BCUT2D eigenvalue weighted by Gasteiger charge is 2.20. The summed E-state index contributed by atoms with van der Waals surface area (Å²) in [5.41, 5.74) is 9.74. The van der Waals surface area contributed by atoms with Crippen molar-refractivity contribution in [2.45, 2.75) is 6.92 Å². The average Bonchev–Trinajstić information content (AvgIpc) is 3.60. The van der Waals surface area contributed by atoms with Gasteiger partial charge in [-0.25, -0.2) is 9.98 Å². The van der Waals surface area contributed by atoms with Gasteiger partial charge < -0.3 is 4.42 Å². The van der Waals surface area contributed by atoms with Gasteiger partial charge in [-0.3, -0.25) is 5.41 Å². The largest absolute Gasteiger partial charge is 0.455 e. The van der Waals surface area contributed by atoms with E-state index in [9.17, 15) is 0 Å². The van der Waals surface area contributed by atoms with Crippen molar-refractivity contribution in [3.8, 4) is 33.4 Å². The number of nitrogens with zero attached hydrogens (tertiary/aromatic N) is 2. The summed E-state index contributed by atoms with van der Waals surface area (Å²) in [5, 5.41) is 15.5. The molecule has 0 aliphatic heterocycles. The minimum atomic E-state index is 0.169. The second kappa shape index (κ2) is 13.1. The predicted molar refractivity (Wildman–Crippen MR) is 219 cm³/mol. The lowest BCUT2D eigenvalue weighted by Gasteiger charge is -2.08. The van der Waals surface area contributed by atoms with Crippen LogP contribution in [0, 0.1) is 5.41 Å². The first kappa shape index (κ1) is 31.1. The maximum Gasteiger partial charge on any atom is 0.153 e. The molecule has 4 heteroatoms. The minimum Gasteiger partial charge on any atom is -0.455 e. The number of aliphatic imine (C=N–C) groups is 2. The van der Waals surface area contributed by atoms with Crippen molar-refractivity contribution in [1.82, 2.24) is 0 Å². The first-order valence-electron chi connectivity index (χ1n) is 17.4. The molecule has 0 saturated heterocycles. The standard InChI is InChI=1S/C48H33N3O/c1-31(51-48(49)37-23-25-41-36(27-37)22-21-35-19-11-12-20-40(35)41)50-30-38-24-26-42(33-15-7-3-8-16-33)47-45(38)44-29-39(32-13-5-2-6-14-32)28-43(46(44)52-47)34-17-9-4-10-18-34/h2-30,49H,1H3. The molecule has 0 aliphatic carbocycles. The highest BCUT2D eigenvalue weighted by Crippen LogP contribution is 2.43. The number of nitrogens with one attached hydrogen (secondary N) is 1. The van der Waals surface area contributed by atoms with E-state index in [1.54, 1.807) is 0 Å². The van der Waals surface area contributed by atoms with Crippen LogP contribution in [0.25, 0.3) is 76.9 Å². The van der Waals surface area contributed by atoms with E-state index in [1.807, 2.05) is 43.5 Å². The van der Waals surface area contributed by atoms with E-state index in [-0.39, 0.29) is 5.84 Å². The fraction of sp³-hybridized carbons (Fsp3) is 0.0208. The van der Waals surface area contributed by atoms with Gasteiger partial charge in [0.1, 0.15) is 17.0 Å². The Morgan fingerprint density at radius 3 is 1.90 bits per heavy atom. The van der Waals surface area contributed by atoms with Gasteiger partial charge in [-0.15, -0.1) is 0 Å². The molecular weight excluding hydrogens is 635 g/mol. The number of hydrogen-bond donors (Lipinski definition) is 1. The first-order valence-corrected chi connectivity index (χ1v) is 17.4. The average molecular weight is 668 g/mol. The van der Waals surface area contributed by atoms with Crippen molar-refractivity contribution in [2.24, 2.45) is 9.98 Å². The molecule has 0 aliphatic rings. The van der Waals surface area contributed by atoms with E-state index in [0.29, 0.717) is 5.84 Å². The van der Waals surface area contributed by atoms with Crippen LogP contribution in [0.3, 0.4) is 0 Å². The number of benzene rings is 8. The topological polar surface area (TPSA) is 61.7 Å². The van der Waals surface area contributed by atoms with Crippen LogP contribution in [0.15, 0.2) is 184 Å². The SMILES string of the molecule is CC(N=Cc1ccc(-c2ccccc2)c2oc3c(-c4ccccc4)cc(-c4ccccc4)cc3c12)=NC(=N)c1ccc2c(ccc3ccccc32)c1. The summed E-state index contributed by atoms with van der Waals surface area (Å²) in [5.74, 6) is 0.662. The summed E-state index contributed by atoms with van der Waals surface area (Å²) >= 11 is 0. The summed E-state index contributed by atoms with van der Waals surface area (Å²) < 4.78 is 6.92. The van der Waals surface area contributed by atoms with Crippen LogP contribution in [0.2, 0.25) is 0 Å². The smallest absolute Gasteiger partial charge is 0.153 e. The lowest BCUT2D eigenvalue weighted by Crippen LogP contribution is -2.00. The van der Waals surface area contributed by atoms with Crippen LogP contribution in [0.4, 0.5) is 0 Å². The fourth-order valence-corrected chi connectivity index (χ4v) is 7.17. The molecule has 0 fully saturated rings. The van der Waals surface area contributed by atoms with Gasteiger partial charge in [0.05, 0.1) is 0 Å². The molecule has 1 aromatic heterocycles. The van der Waals surface area contributed by atoms with E-state index < -0.39 is 0 Å². The van der Waals surface area contributed by atoms with Gasteiger partial charge in [0, 0.05) is 39.2 Å². The van der Waals surface area contributed by atoms with E-state index in [2.05, 4.69) is 145 Å². The number of rotatable bonds is 5. The predicted octanol–water partition coefficient (Wildman–Crippen LogP) is 12.8. The maximum absolute atomic E-state index is 8.85. The monoisotopic (exact) mass is 667 g/mol. The van der Waals surface area contributed by atoms with E-state index in [1.165, 1.54) is 10.8 Å². The van der Waals surface area contributed by atoms with Crippen molar-refractivity contribution < 1.29 is 4.42 Å². The van der Waals surface area contributed by atoms with Crippen molar-refractivity contribution in [3.05, 3.63) is 181 Å². The Balaban J connectivity index is 1.17. The van der Waals surface area contributed by atoms with E-state index >= 15 is 0 Å². The van der Waals surface area contributed by atoms with Crippen LogP contribution in [0.5, 0.6) is 0 Å². The van der Waals surface area contributed by atoms with Gasteiger partial charge in [-0.05, 0) is 75.0 Å². The molecule has 0 saturated carbocycles. The van der Waals surface area contributed by atoms with Gasteiger partial charge in [0.15, 0.2) is 5.84 Å². The second-order valence-corrected chi connectivity index (χ2v) is 13.0. The molecule has 52 heavy (non-hydrogen) atoms. The Kier molecular flexibility index (Phi) is 7.83. The molecule has 1 N–H and O–H groups in total. The third-order valence-corrected chi connectivity index (χ3v) is 9.71. The lowest BCUT2D eigenvalue weighted by atomic mass is 9.94. The highest BCUT2D eigenvalue weighted by molar-refractivity contribution is 6.20. The van der Waals surface area contributed by atoms with Crippen molar-refractivity contribution >= 4 is 61.4 Å². The van der Waals surface area contributed by atoms with Gasteiger partial charge in [-0.2, -0.15) is 0 Å². The molecule has 0 radical (unpaired) electrons. The normalized spacial score (nSPS) is 12.1. The molecule has 1 heterocycles. The Bertz CT molecular complexity index is 2850. The summed E-state index contributed by atoms with van der Waals surface area (Å²) in [7, 11) is 0. The molecule has 0 unspecified atom stereocenters. The van der Waals surface area contributed by atoms with Gasteiger partial charge in [0.25, 0.3) is 0 Å². The molecule has 0 amide bonds. The fourth-order valence-electron chi connectivity index (χ4n) is 7.17. The Hall–Kier alpha value is -6.91. The first-order chi connectivity index (χ1) is 25.6. The maximum atomic E-state index is 8.85. The van der Waals surface area contributed by atoms with Crippen LogP contribution in [-0.2, 0) is 0 Å². The molecular formula is C48H33N3O. The van der Waals surface area contributed by atoms with Crippen LogP contribution < -0.4 is 0 Å². The van der Waals surface area contributed by atoms with Crippen LogP contribution >= 0.6 is 0 Å². The zero-order chi connectivity index (χ0) is 35.0. The van der Waals surface area contributed by atoms with Crippen molar-refractivity contribution in [3.63, 3.8) is 0 Å². The highest BCUT2D eigenvalue weighted by atomic mass is 16.3. The molecule has 8 aromatic carbocycles. The number of amidine groups is 2. The third kappa shape index (κ3) is 5.66. The van der Waals surface area contributed by atoms with Crippen LogP contribution in [0.1, 0.15) is 18.1 Å². The Labute approximate surface area is 301 Å². The van der Waals surface area contributed by atoms with Crippen molar-refractivity contribution in [1.29, 1.82) is 5.41 Å². The molecule has 9 rings (SSSR count). The number of hydrogen-bond acceptors (Lipinski definition) is 2. The number of fused-ring (bicyclic) bond motifs is 6. The summed E-state index contributed by atoms with van der Waals surface area (Å²) in [4.78, 5) is 9.42. The minimum absolute atomic E-state index is 0.169. The lowest BCUT2D eigenvalue weighted by molar-refractivity contribution is 0.671. The second-order valence-electron chi connectivity index (χ2n) is 13.0.